The van der Waals surface area contributed by atoms with Gasteiger partial charge in [0.05, 0.1) is 6.04 Å². The highest BCUT2D eigenvalue weighted by Crippen LogP contribution is 2.28. The molecule has 19 heavy (non-hydrogen) atoms. The molecule has 0 aliphatic rings. The summed E-state index contributed by atoms with van der Waals surface area (Å²) >= 11 is 5.92. The summed E-state index contributed by atoms with van der Waals surface area (Å²) in [4.78, 5) is 2.21. The summed E-state index contributed by atoms with van der Waals surface area (Å²) in [6.07, 6.45) is 0. The first-order chi connectivity index (χ1) is 8.99. The van der Waals surface area contributed by atoms with Crippen LogP contribution in [0.15, 0.2) is 42.5 Å². The van der Waals surface area contributed by atoms with Crippen LogP contribution in [0.25, 0.3) is 0 Å². The number of nitrogens with two attached hydrogens (primary N) is 1. The lowest BCUT2D eigenvalue weighted by molar-refractivity contribution is 0.740. The normalized spacial score (nSPS) is 12.2. The summed E-state index contributed by atoms with van der Waals surface area (Å²) in [5, 5.41) is 0.762. The summed E-state index contributed by atoms with van der Waals surface area (Å²) in [5.74, 6) is 0. The highest BCUT2D eigenvalue weighted by atomic mass is 35.5. The van der Waals surface area contributed by atoms with Gasteiger partial charge in [-0.3, -0.25) is 0 Å². The largest absolute Gasteiger partial charge is 0.398 e. The van der Waals surface area contributed by atoms with Gasteiger partial charge in [-0.2, -0.15) is 0 Å². The van der Waals surface area contributed by atoms with E-state index in [9.17, 15) is 0 Å². The number of nitrogens with zero attached hydrogens (tertiary/aromatic N) is 1. The minimum Gasteiger partial charge on any atom is -0.398 e. The SMILES string of the molecule is Cc1ccc(N(C)C(C)c2ccc(Cl)cc2)cc1N. The fourth-order valence-electron chi connectivity index (χ4n) is 2.04. The Hall–Kier alpha value is -1.67. The van der Waals surface area contributed by atoms with Gasteiger partial charge in [-0.1, -0.05) is 29.8 Å². The predicted molar refractivity (Wildman–Crippen MR) is 83.9 cm³/mol. The first kappa shape index (κ1) is 13.8. The zero-order valence-electron chi connectivity index (χ0n) is 11.5. The van der Waals surface area contributed by atoms with E-state index >= 15 is 0 Å². The summed E-state index contributed by atoms with van der Waals surface area (Å²) in [7, 11) is 2.07. The van der Waals surface area contributed by atoms with Crippen molar-refractivity contribution < 1.29 is 0 Å². The fourth-order valence-corrected chi connectivity index (χ4v) is 2.16. The maximum Gasteiger partial charge on any atom is 0.0511 e. The van der Waals surface area contributed by atoms with Gasteiger partial charge in [0.15, 0.2) is 0 Å². The highest BCUT2D eigenvalue weighted by molar-refractivity contribution is 6.30. The number of anilines is 2. The molecule has 1 atom stereocenters. The number of nitrogen functional groups attached to an aromatic ring is 1. The van der Waals surface area contributed by atoms with Crippen LogP contribution >= 0.6 is 11.6 Å². The summed E-state index contributed by atoms with van der Waals surface area (Å²) in [6, 6.07) is 14.4. The van der Waals surface area contributed by atoms with Crippen LogP contribution in [0.1, 0.15) is 24.1 Å². The molecular weight excluding hydrogens is 256 g/mol. The van der Waals surface area contributed by atoms with Crippen LogP contribution < -0.4 is 10.6 Å². The van der Waals surface area contributed by atoms with Crippen molar-refractivity contribution in [1.82, 2.24) is 0 Å². The zero-order valence-corrected chi connectivity index (χ0v) is 12.3. The minimum atomic E-state index is 0.263. The van der Waals surface area contributed by atoms with E-state index in [-0.39, 0.29) is 6.04 Å². The molecule has 0 saturated carbocycles. The van der Waals surface area contributed by atoms with Gasteiger partial charge >= 0.3 is 0 Å². The van der Waals surface area contributed by atoms with Gasteiger partial charge in [0.2, 0.25) is 0 Å². The lowest BCUT2D eigenvalue weighted by Gasteiger charge is -2.28. The van der Waals surface area contributed by atoms with Crippen LogP contribution in [0.2, 0.25) is 5.02 Å². The Bertz CT molecular complexity index is 563. The second-order valence-electron chi connectivity index (χ2n) is 4.88. The van der Waals surface area contributed by atoms with Crippen LogP contribution in [0.3, 0.4) is 0 Å². The van der Waals surface area contributed by atoms with Crippen LogP contribution in [-0.2, 0) is 0 Å². The van der Waals surface area contributed by atoms with Gasteiger partial charge in [-0.15, -0.1) is 0 Å². The molecule has 0 aromatic heterocycles. The van der Waals surface area contributed by atoms with Gasteiger partial charge in [0.25, 0.3) is 0 Å². The number of benzene rings is 2. The number of halogens is 1. The topological polar surface area (TPSA) is 29.3 Å². The second kappa shape index (κ2) is 5.54. The molecule has 0 radical (unpaired) electrons. The Kier molecular flexibility index (Phi) is 4.01. The average Bonchev–Trinajstić information content (AvgIpc) is 2.41. The number of hydrogen-bond acceptors (Lipinski definition) is 2. The van der Waals surface area contributed by atoms with Gasteiger partial charge in [-0.25, -0.2) is 0 Å². The van der Waals surface area contributed by atoms with Crippen LogP contribution in [-0.4, -0.2) is 7.05 Å². The van der Waals surface area contributed by atoms with Crippen molar-refractivity contribution in [3.05, 3.63) is 58.6 Å². The summed E-state index contributed by atoms with van der Waals surface area (Å²) in [5.41, 5.74) is 10.3. The van der Waals surface area contributed by atoms with Crippen LogP contribution in [0.5, 0.6) is 0 Å². The molecule has 0 aliphatic heterocycles. The molecule has 0 bridgehead atoms. The molecule has 2 rings (SSSR count). The lowest BCUT2D eigenvalue weighted by Crippen LogP contribution is -2.21. The van der Waals surface area contributed by atoms with Gasteiger partial charge in [0, 0.05) is 23.4 Å². The number of aryl methyl sites for hydroxylation is 1. The zero-order chi connectivity index (χ0) is 14.0. The Labute approximate surface area is 119 Å². The van der Waals surface area contributed by atoms with Gasteiger partial charge < -0.3 is 10.6 Å². The van der Waals surface area contributed by atoms with E-state index < -0.39 is 0 Å². The molecule has 0 spiro atoms. The van der Waals surface area contributed by atoms with Crippen molar-refractivity contribution in [3.8, 4) is 0 Å². The van der Waals surface area contributed by atoms with E-state index in [1.54, 1.807) is 0 Å². The van der Waals surface area contributed by atoms with E-state index in [1.807, 2.05) is 25.1 Å². The Morgan fingerprint density at radius 1 is 1.11 bits per heavy atom. The van der Waals surface area contributed by atoms with E-state index in [2.05, 4.69) is 43.1 Å². The molecule has 2 aromatic carbocycles. The third-order valence-electron chi connectivity index (χ3n) is 3.60. The number of hydrogen-bond donors (Lipinski definition) is 1. The van der Waals surface area contributed by atoms with Gasteiger partial charge in [-0.05, 0) is 49.2 Å². The summed E-state index contributed by atoms with van der Waals surface area (Å²) < 4.78 is 0. The molecule has 2 aromatic rings. The number of rotatable bonds is 3. The van der Waals surface area contributed by atoms with Crippen LogP contribution in [0, 0.1) is 6.92 Å². The minimum absolute atomic E-state index is 0.263. The molecule has 2 nitrogen and oxygen atoms in total. The van der Waals surface area contributed by atoms with E-state index in [0.717, 1.165) is 22.0 Å². The van der Waals surface area contributed by atoms with E-state index in [4.69, 9.17) is 17.3 Å². The fraction of sp³-hybridized carbons (Fsp3) is 0.250. The monoisotopic (exact) mass is 274 g/mol. The van der Waals surface area contributed by atoms with E-state index in [1.165, 1.54) is 5.56 Å². The molecule has 0 saturated heterocycles. The average molecular weight is 275 g/mol. The Morgan fingerprint density at radius 2 is 1.74 bits per heavy atom. The maximum absolute atomic E-state index is 5.97. The van der Waals surface area contributed by atoms with Crippen molar-refractivity contribution in [2.45, 2.75) is 19.9 Å². The van der Waals surface area contributed by atoms with Crippen molar-refractivity contribution in [2.24, 2.45) is 0 Å². The van der Waals surface area contributed by atoms with E-state index in [0.29, 0.717) is 0 Å². The Morgan fingerprint density at radius 3 is 2.32 bits per heavy atom. The molecule has 0 aliphatic carbocycles. The standard InChI is InChI=1S/C16H19ClN2/c1-11-4-9-15(10-16(11)18)19(3)12(2)13-5-7-14(17)8-6-13/h4-10,12H,18H2,1-3H3. The van der Waals surface area contributed by atoms with Crippen LogP contribution in [0.4, 0.5) is 11.4 Å². The molecular formula is C16H19ClN2. The van der Waals surface area contributed by atoms with Gasteiger partial charge in [0.1, 0.15) is 0 Å². The molecule has 1 unspecified atom stereocenters. The molecule has 3 heteroatoms. The second-order valence-corrected chi connectivity index (χ2v) is 5.32. The first-order valence-electron chi connectivity index (χ1n) is 6.33. The van der Waals surface area contributed by atoms with Crippen molar-refractivity contribution in [3.63, 3.8) is 0 Å². The van der Waals surface area contributed by atoms with Crippen molar-refractivity contribution in [2.75, 3.05) is 17.7 Å². The maximum atomic E-state index is 5.97. The molecule has 0 heterocycles. The highest BCUT2D eigenvalue weighted by Gasteiger charge is 2.12. The lowest BCUT2D eigenvalue weighted by atomic mass is 10.1. The molecule has 100 valence electrons. The summed E-state index contributed by atoms with van der Waals surface area (Å²) in [6.45, 7) is 4.18. The third-order valence-corrected chi connectivity index (χ3v) is 3.86. The first-order valence-corrected chi connectivity index (χ1v) is 6.71. The van der Waals surface area contributed by atoms with Crippen molar-refractivity contribution in [1.29, 1.82) is 0 Å². The quantitative estimate of drug-likeness (QED) is 0.839. The predicted octanol–water partition coefficient (Wildman–Crippen LogP) is 4.43. The van der Waals surface area contributed by atoms with Crippen molar-refractivity contribution >= 4 is 23.0 Å². The molecule has 0 fully saturated rings. The molecule has 2 N–H and O–H groups in total. The molecule has 0 amide bonds. The smallest absolute Gasteiger partial charge is 0.0511 e. The third kappa shape index (κ3) is 3.02. The Balaban J connectivity index is 2.25.